The largest absolute Gasteiger partial charge is 0.345 e. The van der Waals surface area contributed by atoms with Crippen molar-refractivity contribution in [3.63, 3.8) is 0 Å². The molecule has 0 aliphatic heterocycles. The fraction of sp³-hybridized carbons (Fsp3) is 0.438. The molecule has 1 aliphatic carbocycles. The number of rotatable bonds is 3. The monoisotopic (exact) mass is 275 g/mol. The van der Waals surface area contributed by atoms with Gasteiger partial charge in [0.1, 0.15) is 0 Å². The van der Waals surface area contributed by atoms with Crippen molar-refractivity contribution in [2.75, 3.05) is 6.54 Å². The third kappa shape index (κ3) is 4.96. The van der Waals surface area contributed by atoms with Gasteiger partial charge in [-0.2, -0.15) is 0 Å². The molecule has 0 aromatic heterocycles. The molecule has 0 atom stereocenters. The number of carbonyl (C=O) groups excluding carboxylic acids is 1. The van der Waals surface area contributed by atoms with Gasteiger partial charge in [-0.3, -0.25) is 4.79 Å². The Morgan fingerprint density at radius 2 is 2.16 bits per heavy atom. The Bertz CT molecular complexity index is 495. The first kappa shape index (κ1) is 14.0. The third-order valence-corrected chi connectivity index (χ3v) is 3.62. The molecule has 2 rings (SSSR count). The Morgan fingerprint density at radius 1 is 1.37 bits per heavy atom. The van der Waals surface area contributed by atoms with Crippen molar-refractivity contribution in [2.45, 2.75) is 32.1 Å². The smallest absolute Gasteiger partial charge is 0.221 e. The van der Waals surface area contributed by atoms with Crippen LogP contribution in [0, 0.1) is 17.8 Å². The normalized spacial score (nSPS) is 14.8. The van der Waals surface area contributed by atoms with E-state index in [2.05, 4.69) is 17.2 Å². The molecule has 0 radical (unpaired) electrons. The highest BCUT2D eigenvalue weighted by molar-refractivity contribution is 6.30. The summed E-state index contributed by atoms with van der Waals surface area (Å²) in [6.45, 7) is 0.401. The van der Waals surface area contributed by atoms with Gasteiger partial charge < -0.3 is 5.32 Å². The second-order valence-corrected chi connectivity index (χ2v) is 5.38. The molecule has 1 aromatic rings. The van der Waals surface area contributed by atoms with E-state index < -0.39 is 0 Å². The number of benzene rings is 1. The van der Waals surface area contributed by atoms with Gasteiger partial charge in [0.05, 0.1) is 6.54 Å². The highest BCUT2D eigenvalue weighted by atomic mass is 35.5. The third-order valence-electron chi connectivity index (χ3n) is 3.38. The SMILES string of the molecule is O=C(CC1CCCC1)NCC#Cc1cccc(Cl)c1. The summed E-state index contributed by atoms with van der Waals surface area (Å²) in [4.78, 5) is 11.7. The number of hydrogen-bond acceptors (Lipinski definition) is 1. The number of halogens is 1. The summed E-state index contributed by atoms with van der Waals surface area (Å²) in [5.74, 6) is 6.63. The van der Waals surface area contributed by atoms with Gasteiger partial charge in [-0.05, 0) is 37.0 Å². The lowest BCUT2D eigenvalue weighted by atomic mass is 10.0. The highest BCUT2D eigenvalue weighted by Gasteiger charge is 2.17. The summed E-state index contributed by atoms with van der Waals surface area (Å²) in [6.07, 6.45) is 5.58. The van der Waals surface area contributed by atoms with Crippen LogP contribution in [0.25, 0.3) is 0 Å². The van der Waals surface area contributed by atoms with E-state index in [1.807, 2.05) is 24.3 Å². The van der Waals surface area contributed by atoms with Gasteiger partial charge in [0.15, 0.2) is 0 Å². The number of carbonyl (C=O) groups is 1. The maximum Gasteiger partial charge on any atom is 0.221 e. The summed E-state index contributed by atoms with van der Waals surface area (Å²) in [7, 11) is 0. The van der Waals surface area contributed by atoms with Crippen molar-refractivity contribution in [1.29, 1.82) is 0 Å². The van der Waals surface area contributed by atoms with Crippen molar-refractivity contribution >= 4 is 17.5 Å². The number of hydrogen-bond donors (Lipinski definition) is 1. The molecular weight excluding hydrogens is 258 g/mol. The molecule has 0 saturated heterocycles. The maximum absolute atomic E-state index is 11.7. The maximum atomic E-state index is 11.7. The van der Waals surface area contributed by atoms with Gasteiger partial charge in [0.25, 0.3) is 0 Å². The lowest BCUT2D eigenvalue weighted by Crippen LogP contribution is -2.25. The molecule has 100 valence electrons. The lowest BCUT2D eigenvalue weighted by molar-refractivity contribution is -0.121. The molecule has 0 bridgehead atoms. The molecule has 0 heterocycles. The summed E-state index contributed by atoms with van der Waals surface area (Å²) in [6, 6.07) is 7.40. The molecule has 1 saturated carbocycles. The zero-order valence-electron chi connectivity index (χ0n) is 10.9. The summed E-state index contributed by atoms with van der Waals surface area (Å²) < 4.78 is 0. The van der Waals surface area contributed by atoms with Crippen molar-refractivity contribution in [3.8, 4) is 11.8 Å². The van der Waals surface area contributed by atoms with E-state index >= 15 is 0 Å². The summed E-state index contributed by atoms with van der Waals surface area (Å²) in [5, 5.41) is 3.53. The molecule has 19 heavy (non-hydrogen) atoms. The average molecular weight is 276 g/mol. The zero-order chi connectivity index (χ0) is 13.5. The topological polar surface area (TPSA) is 29.1 Å². The minimum absolute atomic E-state index is 0.118. The minimum atomic E-state index is 0.118. The van der Waals surface area contributed by atoms with Crippen LogP contribution in [0.5, 0.6) is 0 Å². The van der Waals surface area contributed by atoms with Gasteiger partial charge in [0.2, 0.25) is 5.91 Å². The lowest BCUT2D eigenvalue weighted by Gasteiger charge is -2.07. The van der Waals surface area contributed by atoms with Crippen LogP contribution in [0.2, 0.25) is 5.02 Å². The molecule has 1 N–H and O–H groups in total. The second kappa shape index (κ2) is 7.21. The van der Waals surface area contributed by atoms with Crippen LogP contribution in [0.1, 0.15) is 37.7 Å². The first-order valence-electron chi connectivity index (χ1n) is 6.75. The average Bonchev–Trinajstić information content (AvgIpc) is 2.87. The predicted octanol–water partition coefficient (Wildman–Crippen LogP) is 3.39. The predicted molar refractivity (Wildman–Crippen MR) is 77.9 cm³/mol. The molecule has 1 fully saturated rings. The van der Waals surface area contributed by atoms with Crippen molar-refractivity contribution in [3.05, 3.63) is 34.9 Å². The zero-order valence-corrected chi connectivity index (χ0v) is 11.7. The first-order chi connectivity index (χ1) is 9.24. The minimum Gasteiger partial charge on any atom is -0.345 e. The quantitative estimate of drug-likeness (QED) is 0.842. The molecule has 2 nitrogen and oxygen atoms in total. The molecular formula is C16H18ClNO. The van der Waals surface area contributed by atoms with Crippen molar-refractivity contribution in [2.24, 2.45) is 5.92 Å². The van der Waals surface area contributed by atoms with Crippen molar-refractivity contribution in [1.82, 2.24) is 5.32 Å². The number of nitrogens with one attached hydrogen (secondary N) is 1. The van der Waals surface area contributed by atoms with Crippen LogP contribution in [0.3, 0.4) is 0 Å². The van der Waals surface area contributed by atoms with Gasteiger partial charge in [0, 0.05) is 17.0 Å². The number of amides is 1. The molecule has 1 amide bonds. The van der Waals surface area contributed by atoms with Gasteiger partial charge in [-0.1, -0.05) is 42.3 Å². The molecule has 0 spiro atoms. The van der Waals surface area contributed by atoms with E-state index in [1.54, 1.807) is 0 Å². The van der Waals surface area contributed by atoms with Gasteiger partial charge >= 0.3 is 0 Å². The van der Waals surface area contributed by atoms with Crippen LogP contribution < -0.4 is 5.32 Å². The molecule has 3 heteroatoms. The van der Waals surface area contributed by atoms with Crippen LogP contribution in [-0.4, -0.2) is 12.5 Å². The standard InChI is InChI=1S/C16H18ClNO/c17-15-9-3-7-13(11-15)8-4-10-18-16(19)12-14-5-1-2-6-14/h3,7,9,11,14H,1-2,5-6,10,12H2,(H,18,19). The fourth-order valence-electron chi connectivity index (χ4n) is 2.40. The summed E-state index contributed by atoms with van der Waals surface area (Å²) >= 11 is 5.87. The van der Waals surface area contributed by atoms with Crippen molar-refractivity contribution < 1.29 is 4.79 Å². The molecule has 1 aromatic carbocycles. The second-order valence-electron chi connectivity index (χ2n) is 4.94. The van der Waals surface area contributed by atoms with Crippen LogP contribution in [-0.2, 0) is 4.79 Å². The van der Waals surface area contributed by atoms with E-state index in [1.165, 1.54) is 25.7 Å². The van der Waals surface area contributed by atoms with E-state index in [4.69, 9.17) is 11.6 Å². The fourth-order valence-corrected chi connectivity index (χ4v) is 2.59. The van der Waals surface area contributed by atoms with E-state index in [9.17, 15) is 4.79 Å². The molecule has 0 unspecified atom stereocenters. The van der Waals surface area contributed by atoms with E-state index in [-0.39, 0.29) is 5.91 Å². The first-order valence-corrected chi connectivity index (χ1v) is 7.13. The van der Waals surface area contributed by atoms with Gasteiger partial charge in [-0.25, -0.2) is 0 Å². The van der Waals surface area contributed by atoms with Crippen LogP contribution >= 0.6 is 11.6 Å². The van der Waals surface area contributed by atoms with Gasteiger partial charge in [-0.15, -0.1) is 0 Å². The highest BCUT2D eigenvalue weighted by Crippen LogP contribution is 2.27. The van der Waals surface area contributed by atoms with E-state index in [0.717, 1.165) is 5.56 Å². The summed E-state index contributed by atoms with van der Waals surface area (Å²) in [5.41, 5.74) is 0.873. The van der Waals surface area contributed by atoms with Crippen LogP contribution in [0.15, 0.2) is 24.3 Å². The van der Waals surface area contributed by atoms with Crippen LogP contribution in [0.4, 0.5) is 0 Å². The molecule has 1 aliphatic rings. The Kier molecular flexibility index (Phi) is 5.30. The Labute approximate surface area is 119 Å². The van der Waals surface area contributed by atoms with E-state index in [0.29, 0.717) is 23.9 Å². The Morgan fingerprint density at radius 3 is 2.89 bits per heavy atom. The Balaban J connectivity index is 1.72. The Hall–Kier alpha value is -1.46.